The number of rotatable bonds is 4. The zero-order valence-electron chi connectivity index (χ0n) is 10.3. The van der Waals surface area contributed by atoms with Crippen molar-refractivity contribution in [2.45, 2.75) is 19.4 Å². The number of nitrogens with one attached hydrogen (secondary N) is 1. The van der Waals surface area contributed by atoms with Crippen LogP contribution in [0.1, 0.15) is 13.3 Å². The van der Waals surface area contributed by atoms with Crippen molar-refractivity contribution >= 4 is 36.7 Å². The van der Waals surface area contributed by atoms with Crippen molar-refractivity contribution in [1.29, 1.82) is 0 Å². The minimum atomic E-state index is -3.61. The number of fused-ring (bicyclic) bond motifs is 1. The molecule has 0 spiro atoms. The van der Waals surface area contributed by atoms with Gasteiger partial charge in [0, 0.05) is 29.5 Å². The van der Waals surface area contributed by atoms with Crippen LogP contribution in [-0.2, 0) is 9.09 Å². The summed E-state index contributed by atoms with van der Waals surface area (Å²) in [5.41, 5.74) is 1.29. The molecule has 0 aromatic carbocycles. The molecule has 1 unspecified atom stereocenters. The molecule has 0 saturated carbocycles. The lowest BCUT2D eigenvalue weighted by Crippen LogP contribution is -2.26. The van der Waals surface area contributed by atoms with Crippen molar-refractivity contribution in [2.75, 3.05) is 20.2 Å². The van der Waals surface area contributed by atoms with Gasteiger partial charge in [0.25, 0.3) is 0 Å². The van der Waals surface area contributed by atoms with Crippen LogP contribution >= 0.6 is 30.3 Å². The molecule has 0 aromatic rings. The Bertz CT molecular complexity index is 440. The van der Waals surface area contributed by atoms with Gasteiger partial charge < -0.3 is 14.3 Å². The number of halogens is 1. The fraction of sp³-hybridized carbons (Fsp3) is 0.700. The Balaban J connectivity index is 1.97. The molecule has 1 fully saturated rings. The largest absolute Gasteiger partial charge is 0.402 e. The van der Waals surface area contributed by atoms with E-state index in [-0.39, 0.29) is 6.04 Å². The number of hydrogen-bond donors (Lipinski definition) is 2. The molecule has 0 radical (unpaired) electrons. The highest BCUT2D eigenvalue weighted by Gasteiger charge is 2.32. The summed E-state index contributed by atoms with van der Waals surface area (Å²) in [5, 5.41) is 2.58. The van der Waals surface area contributed by atoms with Crippen molar-refractivity contribution in [1.82, 2.24) is 9.99 Å². The fourth-order valence-electron chi connectivity index (χ4n) is 2.13. The van der Waals surface area contributed by atoms with E-state index in [1.165, 1.54) is 16.4 Å². The lowest BCUT2D eigenvalue weighted by atomic mass is 10.1. The van der Waals surface area contributed by atoms with Crippen molar-refractivity contribution in [3.8, 4) is 0 Å². The number of nitrogens with zero attached hydrogens (tertiary/aromatic N) is 2. The SMILES string of the molecule is COP(=O)(O)NC[C@H]1CC2=C(I)[C@H](C)N=CN2C1. The molecule has 2 N–H and O–H groups in total. The van der Waals surface area contributed by atoms with Crippen LogP contribution in [0.4, 0.5) is 0 Å². The fourth-order valence-corrected chi connectivity index (χ4v) is 3.44. The molecule has 2 aliphatic rings. The second-order valence-corrected chi connectivity index (χ2v) is 7.41. The Morgan fingerprint density at radius 3 is 3.17 bits per heavy atom. The average Bonchev–Trinajstić information content (AvgIpc) is 2.76. The molecule has 1 saturated heterocycles. The second-order valence-electron chi connectivity index (χ2n) is 4.52. The zero-order valence-corrected chi connectivity index (χ0v) is 13.4. The van der Waals surface area contributed by atoms with Gasteiger partial charge in [0.1, 0.15) is 0 Å². The van der Waals surface area contributed by atoms with Crippen LogP contribution < -0.4 is 5.09 Å². The molecule has 18 heavy (non-hydrogen) atoms. The van der Waals surface area contributed by atoms with E-state index in [9.17, 15) is 9.46 Å². The first-order valence-corrected chi connectivity index (χ1v) is 8.40. The molecule has 2 rings (SSSR count). The molecule has 3 atom stereocenters. The first-order chi connectivity index (χ1) is 8.43. The lowest BCUT2D eigenvalue weighted by molar-refractivity contribution is 0.299. The highest BCUT2D eigenvalue weighted by Crippen LogP contribution is 2.38. The Hall–Kier alpha value is 0.0500. The van der Waals surface area contributed by atoms with Crippen LogP contribution in [0, 0.1) is 5.92 Å². The topological polar surface area (TPSA) is 74.2 Å². The second kappa shape index (κ2) is 5.58. The maximum atomic E-state index is 11.3. The number of allylic oxidation sites excluding steroid dienone is 1. The zero-order chi connectivity index (χ0) is 13.3. The Morgan fingerprint density at radius 1 is 1.78 bits per heavy atom. The molecule has 0 aliphatic carbocycles. The quantitative estimate of drug-likeness (QED) is 0.570. The van der Waals surface area contributed by atoms with E-state index in [0.717, 1.165) is 13.0 Å². The molecule has 0 aromatic heterocycles. The molecule has 102 valence electrons. The predicted molar refractivity (Wildman–Crippen MR) is 78.7 cm³/mol. The molecule has 2 heterocycles. The summed E-state index contributed by atoms with van der Waals surface area (Å²) in [6, 6.07) is 0.228. The summed E-state index contributed by atoms with van der Waals surface area (Å²) in [7, 11) is -2.39. The Labute approximate surface area is 120 Å². The van der Waals surface area contributed by atoms with Gasteiger partial charge in [-0.15, -0.1) is 0 Å². The minimum absolute atomic E-state index is 0.228. The van der Waals surface area contributed by atoms with Gasteiger partial charge in [0.15, 0.2) is 0 Å². The Morgan fingerprint density at radius 2 is 2.50 bits per heavy atom. The van der Waals surface area contributed by atoms with Gasteiger partial charge in [-0.25, -0.2) is 9.65 Å². The van der Waals surface area contributed by atoms with Crippen LogP contribution in [0.3, 0.4) is 0 Å². The highest BCUT2D eigenvalue weighted by atomic mass is 127. The monoisotopic (exact) mass is 385 g/mol. The molecular formula is C10H17IN3O3P. The third kappa shape index (κ3) is 3.14. The number of aliphatic imine (C=N–C) groups is 1. The van der Waals surface area contributed by atoms with E-state index in [1.807, 2.05) is 6.34 Å². The van der Waals surface area contributed by atoms with E-state index in [4.69, 9.17) is 0 Å². The molecule has 6 nitrogen and oxygen atoms in total. The van der Waals surface area contributed by atoms with Crippen molar-refractivity contribution in [3.63, 3.8) is 0 Å². The summed E-state index contributed by atoms with van der Waals surface area (Å²) in [6.07, 6.45) is 2.78. The van der Waals surface area contributed by atoms with Gasteiger partial charge in [-0.05, 0) is 41.9 Å². The smallest absolute Gasteiger partial charge is 0.335 e. The summed E-state index contributed by atoms with van der Waals surface area (Å²) in [4.78, 5) is 15.8. The van der Waals surface area contributed by atoms with Gasteiger partial charge in [-0.1, -0.05) is 0 Å². The maximum absolute atomic E-state index is 11.3. The van der Waals surface area contributed by atoms with Crippen LogP contribution in [0.15, 0.2) is 14.3 Å². The van der Waals surface area contributed by atoms with Crippen LogP contribution in [0.2, 0.25) is 0 Å². The van der Waals surface area contributed by atoms with Gasteiger partial charge >= 0.3 is 7.75 Å². The van der Waals surface area contributed by atoms with E-state index in [2.05, 4.69) is 49.0 Å². The average molecular weight is 385 g/mol. The highest BCUT2D eigenvalue weighted by molar-refractivity contribution is 14.1. The van der Waals surface area contributed by atoms with Crippen molar-refractivity contribution < 1.29 is 14.0 Å². The van der Waals surface area contributed by atoms with Gasteiger partial charge in [-0.2, -0.15) is 0 Å². The molecule has 0 amide bonds. The molecule has 0 bridgehead atoms. The van der Waals surface area contributed by atoms with Gasteiger partial charge in [0.2, 0.25) is 0 Å². The van der Waals surface area contributed by atoms with E-state index in [1.54, 1.807) is 0 Å². The van der Waals surface area contributed by atoms with E-state index in [0.29, 0.717) is 12.5 Å². The summed E-state index contributed by atoms with van der Waals surface area (Å²) in [5.74, 6) is 0.303. The third-order valence-electron chi connectivity index (χ3n) is 3.18. The summed E-state index contributed by atoms with van der Waals surface area (Å²) < 4.78 is 17.1. The minimum Gasteiger partial charge on any atom is -0.335 e. The first-order valence-electron chi connectivity index (χ1n) is 5.75. The number of hydrogen-bond acceptors (Lipinski definition) is 4. The van der Waals surface area contributed by atoms with Crippen LogP contribution in [0.25, 0.3) is 0 Å². The first kappa shape index (κ1) is 14.5. The van der Waals surface area contributed by atoms with E-state index >= 15 is 0 Å². The van der Waals surface area contributed by atoms with Crippen molar-refractivity contribution in [3.05, 3.63) is 9.28 Å². The molecular weight excluding hydrogens is 368 g/mol. The standard InChI is InChI=1S/C10H17IN3O3P/c1-7-10(11)9-3-8(5-14(9)6-12-7)4-13-18(15,16)17-2/h6-8H,3-5H2,1-2H3,(H2,13,15,16)/t7-,8+/m0/s1. The third-order valence-corrected chi connectivity index (χ3v) is 5.78. The van der Waals surface area contributed by atoms with Crippen LogP contribution in [-0.4, -0.2) is 42.4 Å². The summed E-state index contributed by atoms with van der Waals surface area (Å²) in [6.45, 7) is 3.36. The van der Waals surface area contributed by atoms with E-state index < -0.39 is 7.75 Å². The van der Waals surface area contributed by atoms with Crippen LogP contribution in [0.5, 0.6) is 0 Å². The Kier molecular flexibility index (Phi) is 4.48. The molecule has 2 aliphatic heterocycles. The normalized spacial score (nSPS) is 30.6. The lowest BCUT2D eigenvalue weighted by Gasteiger charge is -2.23. The summed E-state index contributed by atoms with van der Waals surface area (Å²) >= 11 is 2.34. The maximum Gasteiger partial charge on any atom is 0.402 e. The van der Waals surface area contributed by atoms with Gasteiger partial charge in [-0.3, -0.25) is 4.99 Å². The van der Waals surface area contributed by atoms with Crippen molar-refractivity contribution in [2.24, 2.45) is 10.9 Å². The molecule has 8 heteroatoms. The predicted octanol–water partition coefficient (Wildman–Crippen LogP) is 1.72. The van der Waals surface area contributed by atoms with Gasteiger partial charge in [0.05, 0.1) is 12.4 Å².